The van der Waals surface area contributed by atoms with E-state index in [1.807, 2.05) is 0 Å². The third-order valence-electron chi connectivity index (χ3n) is 2.64. The average molecular weight is 181 g/mol. The Bertz CT molecular complexity index is 266. The van der Waals surface area contributed by atoms with Gasteiger partial charge >= 0.3 is 0 Å². The topological polar surface area (TPSA) is 46.3 Å². The van der Waals surface area contributed by atoms with Crippen LogP contribution in [0.2, 0.25) is 0 Å². The lowest BCUT2D eigenvalue weighted by Gasteiger charge is -2.22. The summed E-state index contributed by atoms with van der Waals surface area (Å²) in [7, 11) is 0. The van der Waals surface area contributed by atoms with E-state index in [2.05, 4.69) is 4.98 Å². The minimum Gasteiger partial charge on any atom is -0.449 e. The van der Waals surface area contributed by atoms with E-state index in [1.54, 1.807) is 6.26 Å². The fraction of sp³-hybridized carbons (Fsp3) is 0.700. The molecule has 0 aliphatic heterocycles. The van der Waals surface area contributed by atoms with Gasteiger partial charge in [-0.3, -0.25) is 0 Å². The van der Waals surface area contributed by atoms with Crippen molar-refractivity contribution in [1.29, 1.82) is 0 Å². The second kappa shape index (κ2) is 3.92. The maximum Gasteiger partial charge on any atom is 0.194 e. The highest BCUT2D eigenvalue weighted by molar-refractivity contribution is 5.07. The first-order valence-corrected chi connectivity index (χ1v) is 4.95. The molecule has 1 aromatic rings. The van der Waals surface area contributed by atoms with Crippen molar-refractivity contribution in [2.75, 3.05) is 6.61 Å². The summed E-state index contributed by atoms with van der Waals surface area (Å²) in [4.78, 5) is 4.39. The predicted molar refractivity (Wildman–Crippen MR) is 48.5 cm³/mol. The molecule has 72 valence electrons. The van der Waals surface area contributed by atoms with Crippen LogP contribution in [-0.4, -0.2) is 16.7 Å². The Morgan fingerprint density at radius 2 is 2.38 bits per heavy atom. The van der Waals surface area contributed by atoms with E-state index in [1.165, 1.54) is 19.3 Å². The number of hydrogen-bond acceptors (Lipinski definition) is 3. The molecule has 0 amide bonds. The van der Waals surface area contributed by atoms with E-state index in [0.29, 0.717) is 5.92 Å². The molecule has 0 aromatic carbocycles. The molecule has 3 nitrogen and oxygen atoms in total. The molecule has 1 N–H and O–H groups in total. The first-order valence-electron chi connectivity index (χ1n) is 4.95. The van der Waals surface area contributed by atoms with Gasteiger partial charge in [-0.15, -0.1) is 0 Å². The zero-order valence-electron chi connectivity index (χ0n) is 7.70. The van der Waals surface area contributed by atoms with E-state index in [4.69, 9.17) is 9.52 Å². The van der Waals surface area contributed by atoms with Gasteiger partial charge in [-0.1, -0.05) is 6.42 Å². The largest absolute Gasteiger partial charge is 0.449 e. The van der Waals surface area contributed by atoms with Gasteiger partial charge in [0.1, 0.15) is 6.26 Å². The van der Waals surface area contributed by atoms with Crippen LogP contribution in [-0.2, 0) is 6.42 Å². The molecule has 1 aliphatic carbocycles. The van der Waals surface area contributed by atoms with Crippen molar-refractivity contribution in [2.24, 2.45) is 0 Å². The van der Waals surface area contributed by atoms with Gasteiger partial charge in [0, 0.05) is 18.9 Å². The fourth-order valence-electron chi connectivity index (χ4n) is 1.56. The summed E-state index contributed by atoms with van der Waals surface area (Å²) in [6.07, 6.45) is 7.10. The summed E-state index contributed by atoms with van der Waals surface area (Å²) >= 11 is 0. The zero-order valence-corrected chi connectivity index (χ0v) is 7.70. The smallest absolute Gasteiger partial charge is 0.194 e. The fourth-order valence-corrected chi connectivity index (χ4v) is 1.56. The van der Waals surface area contributed by atoms with Gasteiger partial charge in [0.05, 0.1) is 5.69 Å². The number of aryl methyl sites for hydroxylation is 1. The third-order valence-corrected chi connectivity index (χ3v) is 2.64. The Kier molecular flexibility index (Phi) is 2.64. The van der Waals surface area contributed by atoms with Crippen LogP contribution in [0.4, 0.5) is 0 Å². The molecule has 0 radical (unpaired) electrons. The molecule has 1 saturated carbocycles. The number of hydrogen-bond donors (Lipinski definition) is 1. The lowest BCUT2D eigenvalue weighted by Crippen LogP contribution is -2.08. The van der Waals surface area contributed by atoms with Crippen LogP contribution in [0.25, 0.3) is 0 Å². The monoisotopic (exact) mass is 181 g/mol. The van der Waals surface area contributed by atoms with Crippen LogP contribution in [0.5, 0.6) is 0 Å². The quantitative estimate of drug-likeness (QED) is 0.771. The van der Waals surface area contributed by atoms with Gasteiger partial charge in [-0.2, -0.15) is 0 Å². The van der Waals surface area contributed by atoms with Crippen LogP contribution >= 0.6 is 0 Å². The maximum absolute atomic E-state index is 8.63. The minimum atomic E-state index is 0.209. The standard InChI is InChI=1S/C10H15NO2/c12-6-2-5-10-11-9(7-13-10)8-3-1-4-8/h7-8,12H,1-6H2. The molecular weight excluding hydrogens is 166 g/mol. The highest BCUT2D eigenvalue weighted by atomic mass is 16.3. The number of oxazole rings is 1. The molecule has 1 aliphatic rings. The number of nitrogens with zero attached hydrogens (tertiary/aromatic N) is 1. The normalized spacial score (nSPS) is 17.3. The summed E-state index contributed by atoms with van der Waals surface area (Å²) in [6, 6.07) is 0. The first kappa shape index (κ1) is 8.75. The number of aromatic nitrogens is 1. The minimum absolute atomic E-state index is 0.209. The lowest BCUT2D eigenvalue weighted by molar-refractivity contribution is 0.283. The summed E-state index contributed by atoms with van der Waals surface area (Å²) in [5.74, 6) is 1.42. The zero-order chi connectivity index (χ0) is 9.10. The summed E-state index contributed by atoms with van der Waals surface area (Å²) in [5.41, 5.74) is 1.11. The van der Waals surface area contributed by atoms with E-state index in [9.17, 15) is 0 Å². The first-order chi connectivity index (χ1) is 6.40. The summed E-state index contributed by atoms with van der Waals surface area (Å²) in [5, 5.41) is 8.63. The van der Waals surface area contributed by atoms with E-state index < -0.39 is 0 Å². The molecule has 0 bridgehead atoms. The van der Waals surface area contributed by atoms with Crippen LogP contribution in [0.1, 0.15) is 43.2 Å². The maximum atomic E-state index is 8.63. The highest BCUT2D eigenvalue weighted by Gasteiger charge is 2.22. The van der Waals surface area contributed by atoms with Crippen LogP contribution in [0, 0.1) is 0 Å². The van der Waals surface area contributed by atoms with Crippen molar-refractivity contribution in [3.8, 4) is 0 Å². The molecule has 2 rings (SSSR count). The second-order valence-corrected chi connectivity index (χ2v) is 3.62. The SMILES string of the molecule is OCCCc1nc(C2CCC2)co1. The lowest BCUT2D eigenvalue weighted by atomic mass is 9.83. The predicted octanol–water partition coefficient (Wildman–Crippen LogP) is 1.87. The Hall–Kier alpha value is -0.830. The van der Waals surface area contributed by atoms with Gasteiger partial charge in [0.25, 0.3) is 0 Å². The average Bonchev–Trinajstić information content (AvgIpc) is 2.46. The molecule has 0 spiro atoms. The van der Waals surface area contributed by atoms with Crippen molar-refractivity contribution in [3.63, 3.8) is 0 Å². The highest BCUT2D eigenvalue weighted by Crippen LogP contribution is 2.35. The number of rotatable bonds is 4. The Morgan fingerprint density at radius 1 is 1.54 bits per heavy atom. The van der Waals surface area contributed by atoms with Gasteiger partial charge < -0.3 is 9.52 Å². The molecule has 1 aromatic heterocycles. The van der Waals surface area contributed by atoms with Crippen LogP contribution in [0.15, 0.2) is 10.7 Å². The summed E-state index contributed by atoms with van der Waals surface area (Å²) < 4.78 is 5.30. The molecule has 13 heavy (non-hydrogen) atoms. The second-order valence-electron chi connectivity index (χ2n) is 3.62. The van der Waals surface area contributed by atoms with Gasteiger partial charge in [0.15, 0.2) is 5.89 Å². The van der Waals surface area contributed by atoms with Gasteiger partial charge in [0.2, 0.25) is 0 Å². The number of aliphatic hydroxyl groups excluding tert-OH is 1. The summed E-state index contributed by atoms with van der Waals surface area (Å²) in [6.45, 7) is 0.209. The molecule has 0 saturated heterocycles. The molecule has 0 unspecified atom stereocenters. The van der Waals surface area contributed by atoms with E-state index >= 15 is 0 Å². The van der Waals surface area contributed by atoms with Gasteiger partial charge in [-0.05, 0) is 19.3 Å². The van der Waals surface area contributed by atoms with E-state index in [0.717, 1.165) is 24.4 Å². The Morgan fingerprint density at radius 3 is 3.00 bits per heavy atom. The molecule has 1 heterocycles. The van der Waals surface area contributed by atoms with Crippen LogP contribution < -0.4 is 0 Å². The Balaban J connectivity index is 1.92. The van der Waals surface area contributed by atoms with Crippen molar-refractivity contribution in [2.45, 2.75) is 38.0 Å². The third kappa shape index (κ3) is 1.91. The molecule has 0 atom stereocenters. The van der Waals surface area contributed by atoms with E-state index in [-0.39, 0.29) is 6.61 Å². The van der Waals surface area contributed by atoms with Crippen LogP contribution in [0.3, 0.4) is 0 Å². The van der Waals surface area contributed by atoms with Crippen molar-refractivity contribution < 1.29 is 9.52 Å². The van der Waals surface area contributed by atoms with Crippen molar-refractivity contribution in [1.82, 2.24) is 4.98 Å². The van der Waals surface area contributed by atoms with Crippen molar-refractivity contribution >= 4 is 0 Å². The molecule has 3 heteroatoms. The number of aliphatic hydroxyl groups is 1. The molecular formula is C10H15NO2. The van der Waals surface area contributed by atoms with Crippen molar-refractivity contribution in [3.05, 3.63) is 17.8 Å². The Labute approximate surface area is 77.8 Å². The molecule has 1 fully saturated rings. The van der Waals surface area contributed by atoms with Gasteiger partial charge in [-0.25, -0.2) is 4.98 Å².